The number of benzene rings is 2. The van der Waals surface area contributed by atoms with Crippen molar-refractivity contribution in [2.75, 3.05) is 11.9 Å². The van der Waals surface area contributed by atoms with Gasteiger partial charge in [0.15, 0.2) is 0 Å². The monoisotopic (exact) mass is 269 g/mol. The summed E-state index contributed by atoms with van der Waals surface area (Å²) >= 11 is 0. The van der Waals surface area contributed by atoms with Crippen LogP contribution < -0.4 is 10.1 Å². The predicted octanol–water partition coefficient (Wildman–Crippen LogP) is 3.95. The van der Waals surface area contributed by atoms with Crippen LogP contribution in [0.4, 0.5) is 5.69 Å². The molecule has 0 spiro atoms. The Morgan fingerprint density at radius 1 is 1.15 bits per heavy atom. The van der Waals surface area contributed by atoms with Crippen LogP contribution in [0.2, 0.25) is 0 Å². The molecule has 0 aromatic heterocycles. The fraction of sp³-hybridized carbons (Fsp3) is 0.235. The van der Waals surface area contributed by atoms with Crippen LogP contribution in [0.15, 0.2) is 42.5 Å². The van der Waals surface area contributed by atoms with E-state index in [1.54, 1.807) is 0 Å². The molecular weight excluding hydrogens is 250 g/mol. The summed E-state index contributed by atoms with van der Waals surface area (Å²) < 4.78 is 5.43. The molecule has 0 radical (unpaired) electrons. The Kier molecular flexibility index (Phi) is 4.41. The minimum Gasteiger partial charge on any atom is -0.494 e. The SMILES string of the molecule is CCOc1cccc(NC(=O)c2cc(C)ccc2C)c1. The van der Waals surface area contributed by atoms with Crippen molar-refractivity contribution in [1.82, 2.24) is 0 Å². The van der Waals surface area contributed by atoms with Gasteiger partial charge in [-0.3, -0.25) is 4.79 Å². The van der Waals surface area contributed by atoms with Crippen LogP contribution >= 0.6 is 0 Å². The van der Waals surface area contributed by atoms with E-state index in [-0.39, 0.29) is 5.91 Å². The van der Waals surface area contributed by atoms with Gasteiger partial charge in [0.05, 0.1) is 6.61 Å². The Morgan fingerprint density at radius 2 is 1.95 bits per heavy atom. The normalized spacial score (nSPS) is 10.2. The summed E-state index contributed by atoms with van der Waals surface area (Å²) in [6, 6.07) is 13.3. The van der Waals surface area contributed by atoms with Crippen LogP contribution in [0.3, 0.4) is 0 Å². The highest BCUT2D eigenvalue weighted by atomic mass is 16.5. The maximum atomic E-state index is 12.3. The molecule has 0 aliphatic rings. The van der Waals surface area contributed by atoms with Gasteiger partial charge in [-0.1, -0.05) is 23.8 Å². The lowest BCUT2D eigenvalue weighted by atomic mass is 10.1. The first kappa shape index (κ1) is 14.1. The molecule has 2 aromatic carbocycles. The Hall–Kier alpha value is -2.29. The number of ether oxygens (including phenoxy) is 1. The highest BCUT2D eigenvalue weighted by Gasteiger charge is 2.09. The lowest BCUT2D eigenvalue weighted by Gasteiger charge is -2.10. The van der Waals surface area contributed by atoms with E-state index in [1.807, 2.05) is 63.2 Å². The number of nitrogens with one attached hydrogen (secondary N) is 1. The zero-order valence-corrected chi connectivity index (χ0v) is 12.1. The molecule has 0 aliphatic carbocycles. The first-order valence-corrected chi connectivity index (χ1v) is 6.71. The summed E-state index contributed by atoms with van der Waals surface area (Å²) in [5.74, 6) is 0.658. The summed E-state index contributed by atoms with van der Waals surface area (Å²) in [6.45, 7) is 6.45. The van der Waals surface area contributed by atoms with Crippen molar-refractivity contribution in [1.29, 1.82) is 0 Å². The number of aryl methyl sites for hydroxylation is 2. The molecular formula is C17H19NO2. The molecule has 1 N–H and O–H groups in total. The molecule has 2 rings (SSSR count). The third-order valence-electron chi connectivity index (χ3n) is 3.04. The number of hydrogen-bond acceptors (Lipinski definition) is 2. The maximum absolute atomic E-state index is 12.3. The molecule has 0 unspecified atom stereocenters. The largest absolute Gasteiger partial charge is 0.494 e. The predicted molar refractivity (Wildman–Crippen MR) is 81.5 cm³/mol. The van der Waals surface area contributed by atoms with Crippen LogP contribution in [-0.4, -0.2) is 12.5 Å². The van der Waals surface area contributed by atoms with Crippen LogP contribution in [0.5, 0.6) is 5.75 Å². The first-order chi connectivity index (χ1) is 9.60. The molecule has 0 saturated carbocycles. The number of rotatable bonds is 4. The number of hydrogen-bond donors (Lipinski definition) is 1. The van der Waals surface area contributed by atoms with Crippen molar-refractivity contribution in [3.05, 3.63) is 59.2 Å². The lowest BCUT2D eigenvalue weighted by molar-refractivity contribution is 0.102. The molecule has 3 heteroatoms. The smallest absolute Gasteiger partial charge is 0.255 e. The summed E-state index contributed by atoms with van der Waals surface area (Å²) in [5.41, 5.74) is 3.48. The highest BCUT2D eigenvalue weighted by Crippen LogP contribution is 2.19. The van der Waals surface area contributed by atoms with Crippen LogP contribution in [0, 0.1) is 13.8 Å². The zero-order valence-electron chi connectivity index (χ0n) is 12.1. The summed E-state index contributed by atoms with van der Waals surface area (Å²) in [4.78, 5) is 12.3. The Labute approximate surface area is 119 Å². The fourth-order valence-electron chi connectivity index (χ4n) is 2.01. The third-order valence-corrected chi connectivity index (χ3v) is 3.04. The van der Waals surface area contributed by atoms with Gasteiger partial charge in [-0.2, -0.15) is 0 Å². The average Bonchev–Trinajstić information content (AvgIpc) is 2.42. The Bertz CT molecular complexity index is 620. The van der Waals surface area contributed by atoms with E-state index in [2.05, 4.69) is 5.32 Å². The highest BCUT2D eigenvalue weighted by molar-refractivity contribution is 6.05. The van der Waals surface area contributed by atoms with Gasteiger partial charge >= 0.3 is 0 Å². The van der Waals surface area contributed by atoms with E-state index in [4.69, 9.17) is 4.74 Å². The lowest BCUT2D eigenvalue weighted by Crippen LogP contribution is -2.13. The number of anilines is 1. The van der Waals surface area contributed by atoms with E-state index < -0.39 is 0 Å². The van der Waals surface area contributed by atoms with Gasteiger partial charge < -0.3 is 10.1 Å². The van der Waals surface area contributed by atoms with Crippen LogP contribution in [0.25, 0.3) is 0 Å². The molecule has 0 atom stereocenters. The van der Waals surface area contributed by atoms with Gasteiger partial charge in [0.1, 0.15) is 5.75 Å². The third kappa shape index (κ3) is 3.38. The van der Waals surface area contributed by atoms with Crippen molar-refractivity contribution in [2.45, 2.75) is 20.8 Å². The topological polar surface area (TPSA) is 38.3 Å². The van der Waals surface area contributed by atoms with Crippen LogP contribution in [0.1, 0.15) is 28.4 Å². The molecule has 3 nitrogen and oxygen atoms in total. The van der Waals surface area contributed by atoms with Crippen molar-refractivity contribution in [3.8, 4) is 5.75 Å². The molecule has 0 bridgehead atoms. The van der Waals surface area contributed by atoms with Crippen molar-refractivity contribution in [3.63, 3.8) is 0 Å². The molecule has 104 valence electrons. The summed E-state index contributed by atoms with van der Waals surface area (Å²) in [5, 5.41) is 2.91. The van der Waals surface area contributed by atoms with Crippen molar-refractivity contribution < 1.29 is 9.53 Å². The summed E-state index contributed by atoms with van der Waals surface area (Å²) in [6.07, 6.45) is 0. The van der Waals surface area contributed by atoms with Gasteiger partial charge in [0.25, 0.3) is 5.91 Å². The van der Waals surface area contributed by atoms with Gasteiger partial charge in [-0.05, 0) is 44.5 Å². The van der Waals surface area contributed by atoms with E-state index in [0.29, 0.717) is 12.2 Å². The molecule has 0 fully saturated rings. The molecule has 0 aliphatic heterocycles. The second-order valence-electron chi connectivity index (χ2n) is 4.73. The maximum Gasteiger partial charge on any atom is 0.255 e. The Morgan fingerprint density at radius 3 is 2.70 bits per heavy atom. The van der Waals surface area contributed by atoms with Gasteiger partial charge in [0, 0.05) is 17.3 Å². The second kappa shape index (κ2) is 6.24. The molecule has 1 amide bonds. The van der Waals surface area contributed by atoms with Gasteiger partial charge in [0.2, 0.25) is 0 Å². The van der Waals surface area contributed by atoms with E-state index in [0.717, 1.165) is 22.6 Å². The van der Waals surface area contributed by atoms with Gasteiger partial charge in [-0.15, -0.1) is 0 Å². The summed E-state index contributed by atoms with van der Waals surface area (Å²) in [7, 11) is 0. The number of amides is 1. The average molecular weight is 269 g/mol. The van der Waals surface area contributed by atoms with E-state index in [9.17, 15) is 4.79 Å². The minimum absolute atomic E-state index is 0.0974. The molecule has 0 heterocycles. The number of carbonyl (C=O) groups excluding carboxylic acids is 1. The standard InChI is InChI=1S/C17H19NO2/c1-4-20-15-7-5-6-14(11-15)18-17(19)16-10-12(2)8-9-13(16)3/h5-11H,4H2,1-3H3,(H,18,19). The van der Waals surface area contributed by atoms with Crippen molar-refractivity contribution >= 4 is 11.6 Å². The first-order valence-electron chi connectivity index (χ1n) is 6.71. The molecule has 20 heavy (non-hydrogen) atoms. The quantitative estimate of drug-likeness (QED) is 0.912. The number of carbonyl (C=O) groups is 1. The van der Waals surface area contributed by atoms with Crippen LogP contribution in [-0.2, 0) is 0 Å². The second-order valence-corrected chi connectivity index (χ2v) is 4.73. The minimum atomic E-state index is -0.0974. The van der Waals surface area contributed by atoms with Gasteiger partial charge in [-0.25, -0.2) is 0 Å². The fourth-order valence-corrected chi connectivity index (χ4v) is 2.01. The zero-order chi connectivity index (χ0) is 14.5. The molecule has 0 saturated heterocycles. The Balaban J connectivity index is 2.19. The van der Waals surface area contributed by atoms with Crippen molar-refractivity contribution in [2.24, 2.45) is 0 Å². The molecule has 2 aromatic rings. The van der Waals surface area contributed by atoms with E-state index >= 15 is 0 Å². The van der Waals surface area contributed by atoms with E-state index in [1.165, 1.54) is 0 Å².